The smallest absolute Gasteiger partial charge is 0.336 e. The molecule has 2 heterocycles. The van der Waals surface area contributed by atoms with Crippen molar-refractivity contribution in [3.05, 3.63) is 80.8 Å². The number of allylic oxidation sites excluding steroid dienone is 2. The molecule has 2 aliphatic rings. The van der Waals surface area contributed by atoms with Gasteiger partial charge in [-0.1, -0.05) is 12.1 Å². The van der Waals surface area contributed by atoms with Crippen LogP contribution in [0.15, 0.2) is 55.9 Å². The predicted molar refractivity (Wildman–Crippen MR) is 110 cm³/mol. The van der Waals surface area contributed by atoms with Gasteiger partial charge in [0.2, 0.25) is 15.7 Å². The van der Waals surface area contributed by atoms with Gasteiger partial charge in [-0.2, -0.15) is 0 Å². The number of carbonyl (C=O) groups excluding carboxylic acids is 1. The predicted octanol–water partition coefficient (Wildman–Crippen LogP) is 2.99. The number of dihydropyridines is 1. The van der Waals surface area contributed by atoms with E-state index in [2.05, 4.69) is 10.1 Å². The second-order valence-corrected chi connectivity index (χ2v) is 11.5. The van der Waals surface area contributed by atoms with E-state index < -0.39 is 97.9 Å². The Hall–Kier alpha value is -3.26. The molecule has 4 rings (SSSR count). The lowest BCUT2D eigenvalue weighted by atomic mass is 9.85. The Morgan fingerprint density at radius 2 is 1.43 bits per heavy atom. The average molecular weight is 535 g/mol. The second-order valence-electron chi connectivity index (χ2n) is 7.62. The lowest BCUT2D eigenvalue weighted by Gasteiger charge is -2.31. The van der Waals surface area contributed by atoms with E-state index in [0.717, 1.165) is 26.2 Å². The van der Waals surface area contributed by atoms with E-state index in [4.69, 9.17) is 0 Å². The van der Waals surface area contributed by atoms with Crippen molar-refractivity contribution in [3.63, 3.8) is 0 Å². The highest BCUT2D eigenvalue weighted by atomic mass is 32.2. The maximum absolute atomic E-state index is 15.0. The van der Waals surface area contributed by atoms with E-state index in [-0.39, 0.29) is 5.70 Å². The van der Waals surface area contributed by atoms with Crippen molar-refractivity contribution in [2.24, 2.45) is 0 Å². The van der Waals surface area contributed by atoms with Gasteiger partial charge < -0.3 is 10.1 Å². The molecule has 0 aromatic heterocycles. The highest BCUT2D eigenvalue weighted by Crippen LogP contribution is 2.48. The van der Waals surface area contributed by atoms with Crippen LogP contribution in [0.4, 0.5) is 22.0 Å². The summed E-state index contributed by atoms with van der Waals surface area (Å²) in [6, 6.07) is 4.34. The number of fused-ring (bicyclic) bond motifs is 1. The van der Waals surface area contributed by atoms with Crippen LogP contribution in [0, 0.1) is 29.1 Å². The van der Waals surface area contributed by atoms with Crippen LogP contribution >= 0.6 is 0 Å². The first-order chi connectivity index (χ1) is 16.3. The van der Waals surface area contributed by atoms with Gasteiger partial charge in [-0.05, 0) is 19.1 Å². The number of sulfone groups is 2. The molecule has 2 aliphatic heterocycles. The molecule has 0 aliphatic carbocycles. The fourth-order valence-electron chi connectivity index (χ4n) is 4.15. The Balaban J connectivity index is 2.20. The number of benzene rings is 2. The summed E-state index contributed by atoms with van der Waals surface area (Å²) in [5, 5.41) is 2.44. The number of rotatable bonds is 2. The van der Waals surface area contributed by atoms with Gasteiger partial charge in [-0.15, -0.1) is 0 Å². The lowest BCUT2D eigenvalue weighted by molar-refractivity contribution is -0.136. The Labute approximate surface area is 195 Å². The Bertz CT molecular complexity index is 1570. The first kappa shape index (κ1) is 24.9. The number of ether oxygens (including phenoxy) is 1. The standard InChI is InChI=1S/C21H14F5NO6S2/c1-8-12(21(28)33-2)13(14-15(22)17(24)19(26)18(25)16(14)23)20-9(27-8)7-34(29,30)10-5-3-4-6-11(10)35(20,31)32/h3-6,13,27H,7H2,1-2H3. The van der Waals surface area contributed by atoms with Crippen LogP contribution in [-0.2, 0) is 29.2 Å². The summed E-state index contributed by atoms with van der Waals surface area (Å²) in [6.45, 7) is 1.13. The first-order valence-corrected chi connectivity index (χ1v) is 12.8. The van der Waals surface area contributed by atoms with E-state index in [1.807, 2.05) is 0 Å². The molecule has 1 atom stereocenters. The summed E-state index contributed by atoms with van der Waals surface area (Å²) in [5.41, 5.74) is -3.34. The molecule has 0 fully saturated rings. The highest BCUT2D eigenvalue weighted by molar-refractivity contribution is 7.97. The number of methoxy groups -OCH3 is 1. The SMILES string of the molecule is COC(=O)C1=C(C)NC2=C(C1c1c(F)c(F)c(F)c(F)c1F)S(=O)(=O)c1ccccc1S(=O)(=O)C2. The third kappa shape index (κ3) is 3.54. The van der Waals surface area contributed by atoms with Gasteiger partial charge in [0.1, 0.15) is 0 Å². The monoisotopic (exact) mass is 535 g/mol. The molecule has 2 aromatic rings. The largest absolute Gasteiger partial charge is 0.466 e. The van der Waals surface area contributed by atoms with Crippen molar-refractivity contribution >= 4 is 25.6 Å². The van der Waals surface area contributed by atoms with Gasteiger partial charge in [0.05, 0.1) is 39.0 Å². The fraction of sp³-hybridized carbons (Fsp3) is 0.190. The maximum Gasteiger partial charge on any atom is 0.336 e. The second kappa shape index (κ2) is 8.16. The minimum atomic E-state index is -4.99. The van der Waals surface area contributed by atoms with Crippen LogP contribution in [0.3, 0.4) is 0 Å². The van der Waals surface area contributed by atoms with Crippen LogP contribution in [0.2, 0.25) is 0 Å². The topological polar surface area (TPSA) is 107 Å². The van der Waals surface area contributed by atoms with E-state index in [0.29, 0.717) is 0 Å². The van der Waals surface area contributed by atoms with Crippen molar-refractivity contribution in [1.29, 1.82) is 0 Å². The number of hydrogen-bond acceptors (Lipinski definition) is 7. The highest BCUT2D eigenvalue weighted by Gasteiger charge is 2.48. The number of halogens is 5. The molecule has 7 nitrogen and oxygen atoms in total. The van der Waals surface area contributed by atoms with Crippen molar-refractivity contribution in [2.45, 2.75) is 22.6 Å². The molecular formula is C21H14F5NO6S2. The molecule has 14 heteroatoms. The Kier molecular flexibility index (Phi) is 5.79. The van der Waals surface area contributed by atoms with Gasteiger partial charge in [0, 0.05) is 17.0 Å². The van der Waals surface area contributed by atoms with Crippen LogP contribution in [0.1, 0.15) is 18.4 Å². The van der Waals surface area contributed by atoms with Crippen LogP contribution < -0.4 is 5.32 Å². The number of hydrogen-bond donors (Lipinski definition) is 1. The number of nitrogens with one attached hydrogen (secondary N) is 1. The van der Waals surface area contributed by atoms with Crippen molar-refractivity contribution < 1.29 is 48.3 Å². The van der Waals surface area contributed by atoms with E-state index >= 15 is 0 Å². The zero-order valence-electron chi connectivity index (χ0n) is 17.7. The number of carbonyl (C=O) groups is 1. The fourth-order valence-corrected chi connectivity index (χ4v) is 8.19. The minimum Gasteiger partial charge on any atom is -0.466 e. The quantitative estimate of drug-likeness (QED) is 0.273. The number of esters is 1. The minimum absolute atomic E-state index is 0.305. The molecule has 0 spiro atoms. The molecule has 35 heavy (non-hydrogen) atoms. The summed E-state index contributed by atoms with van der Waals surface area (Å²) in [5.74, 6) is -16.8. The van der Waals surface area contributed by atoms with Crippen molar-refractivity contribution in [3.8, 4) is 0 Å². The van der Waals surface area contributed by atoms with Crippen LogP contribution in [-0.4, -0.2) is 35.7 Å². The van der Waals surface area contributed by atoms with Crippen LogP contribution in [0.25, 0.3) is 0 Å². The van der Waals surface area contributed by atoms with E-state index in [9.17, 15) is 43.6 Å². The summed E-state index contributed by atoms with van der Waals surface area (Å²) in [4.78, 5) is 10.1. The molecule has 186 valence electrons. The molecule has 2 aromatic carbocycles. The van der Waals surface area contributed by atoms with Gasteiger partial charge in [-0.25, -0.2) is 43.6 Å². The third-order valence-electron chi connectivity index (χ3n) is 5.63. The summed E-state index contributed by atoms with van der Waals surface area (Å²) in [6.07, 6.45) is 0. The van der Waals surface area contributed by atoms with Crippen molar-refractivity contribution in [1.82, 2.24) is 5.32 Å². The van der Waals surface area contributed by atoms with Crippen LogP contribution in [0.5, 0.6) is 0 Å². The Morgan fingerprint density at radius 3 is 1.97 bits per heavy atom. The lowest BCUT2D eigenvalue weighted by Crippen LogP contribution is -2.34. The average Bonchev–Trinajstić information content (AvgIpc) is 2.86. The molecule has 0 radical (unpaired) electrons. The molecule has 0 saturated carbocycles. The van der Waals surface area contributed by atoms with E-state index in [1.54, 1.807) is 0 Å². The molecule has 0 bridgehead atoms. The zero-order valence-corrected chi connectivity index (χ0v) is 19.4. The van der Waals surface area contributed by atoms with Gasteiger partial charge in [-0.3, -0.25) is 0 Å². The first-order valence-electron chi connectivity index (χ1n) is 9.63. The van der Waals surface area contributed by atoms with Gasteiger partial charge in [0.15, 0.2) is 33.1 Å². The zero-order chi connectivity index (χ0) is 26.0. The molecule has 0 amide bonds. The summed E-state index contributed by atoms with van der Waals surface area (Å²) >= 11 is 0. The normalized spacial score (nSPS) is 20.5. The molecule has 1 N–H and O–H groups in total. The third-order valence-corrected chi connectivity index (χ3v) is 9.45. The Morgan fingerprint density at radius 1 is 0.914 bits per heavy atom. The van der Waals surface area contributed by atoms with Gasteiger partial charge >= 0.3 is 5.97 Å². The molecule has 1 unspecified atom stereocenters. The van der Waals surface area contributed by atoms with Gasteiger partial charge in [0.25, 0.3) is 0 Å². The summed E-state index contributed by atoms with van der Waals surface area (Å²) < 4.78 is 130. The molecular weight excluding hydrogens is 521 g/mol. The van der Waals surface area contributed by atoms with E-state index in [1.165, 1.54) is 12.1 Å². The van der Waals surface area contributed by atoms with Crippen molar-refractivity contribution in [2.75, 3.05) is 12.9 Å². The summed E-state index contributed by atoms with van der Waals surface area (Å²) in [7, 11) is -8.51. The maximum atomic E-state index is 15.0. The molecule has 0 saturated heterocycles.